The Morgan fingerprint density at radius 1 is 1.32 bits per heavy atom. The van der Waals surface area contributed by atoms with Crippen LogP contribution < -0.4 is 4.74 Å². The first kappa shape index (κ1) is 14.0. The molecule has 0 aliphatic heterocycles. The van der Waals surface area contributed by atoms with Crippen molar-refractivity contribution in [2.45, 2.75) is 6.18 Å². The van der Waals surface area contributed by atoms with Crippen LogP contribution in [0.4, 0.5) is 13.2 Å². The van der Waals surface area contributed by atoms with E-state index in [4.69, 9.17) is 4.74 Å². The number of hydrogen-bond donors (Lipinski definition) is 1. The van der Waals surface area contributed by atoms with Gasteiger partial charge in [0.2, 0.25) is 0 Å². The van der Waals surface area contributed by atoms with Gasteiger partial charge in [-0.25, -0.2) is 4.79 Å². The molecule has 3 aromatic rings. The average molecular weight is 312 g/mol. The molecule has 7 nitrogen and oxygen atoms in total. The topological polar surface area (TPSA) is 89.6 Å². The highest BCUT2D eigenvalue weighted by Gasteiger charge is 2.32. The molecule has 0 bridgehead atoms. The van der Waals surface area contributed by atoms with Gasteiger partial charge in [0.25, 0.3) is 0 Å². The number of alkyl halides is 3. The van der Waals surface area contributed by atoms with Crippen LogP contribution in [0, 0.1) is 0 Å². The first-order chi connectivity index (χ1) is 10.3. The minimum atomic E-state index is -4.59. The highest BCUT2D eigenvalue weighted by atomic mass is 19.4. The summed E-state index contributed by atoms with van der Waals surface area (Å²) in [5.74, 6) is -1.42. The minimum Gasteiger partial charge on any atom is -0.496 e. The van der Waals surface area contributed by atoms with Gasteiger partial charge in [0.05, 0.1) is 18.2 Å². The van der Waals surface area contributed by atoms with Crippen molar-refractivity contribution in [1.29, 1.82) is 0 Å². The molecule has 3 rings (SSSR count). The maximum atomic E-state index is 13.0. The molecule has 2 aromatic heterocycles. The van der Waals surface area contributed by atoms with Gasteiger partial charge in [0, 0.05) is 5.39 Å². The monoisotopic (exact) mass is 312 g/mol. The fraction of sp³-hybridized carbons (Fsp3) is 0.167. The number of aromatic carboxylic acids is 1. The summed E-state index contributed by atoms with van der Waals surface area (Å²) in [5.41, 5.74) is -1.34. The molecule has 0 amide bonds. The van der Waals surface area contributed by atoms with E-state index >= 15 is 0 Å². The molecule has 0 aliphatic carbocycles. The lowest BCUT2D eigenvalue weighted by molar-refractivity contribution is -0.137. The predicted molar refractivity (Wildman–Crippen MR) is 66.8 cm³/mol. The van der Waals surface area contributed by atoms with Gasteiger partial charge < -0.3 is 9.84 Å². The Kier molecular flexibility index (Phi) is 2.90. The first-order valence-electron chi connectivity index (χ1n) is 5.86. The lowest BCUT2D eigenvalue weighted by atomic mass is 10.1. The van der Waals surface area contributed by atoms with E-state index in [1.165, 1.54) is 13.2 Å². The fourth-order valence-electron chi connectivity index (χ4n) is 2.15. The SMILES string of the molecule is COc1cc(C(F)(F)F)cc2c1cc(C(=O)O)c1nnnn12. The van der Waals surface area contributed by atoms with Crippen molar-refractivity contribution in [3.63, 3.8) is 0 Å². The highest BCUT2D eigenvalue weighted by molar-refractivity contribution is 6.01. The summed E-state index contributed by atoms with van der Waals surface area (Å²) in [6.07, 6.45) is -4.59. The summed E-state index contributed by atoms with van der Waals surface area (Å²) in [6.45, 7) is 0. The van der Waals surface area contributed by atoms with Crippen molar-refractivity contribution in [1.82, 2.24) is 20.0 Å². The van der Waals surface area contributed by atoms with E-state index in [0.29, 0.717) is 0 Å². The molecule has 1 N–H and O–H groups in total. The van der Waals surface area contributed by atoms with Crippen molar-refractivity contribution in [2.24, 2.45) is 0 Å². The number of carbonyl (C=O) groups is 1. The normalized spacial score (nSPS) is 12.0. The molecule has 0 fully saturated rings. The van der Waals surface area contributed by atoms with Crippen molar-refractivity contribution in [3.05, 3.63) is 29.3 Å². The van der Waals surface area contributed by atoms with Gasteiger partial charge in [-0.05, 0) is 28.6 Å². The molecule has 1 aromatic carbocycles. The summed E-state index contributed by atoms with van der Waals surface area (Å²) < 4.78 is 44.8. The van der Waals surface area contributed by atoms with Gasteiger partial charge >= 0.3 is 12.1 Å². The van der Waals surface area contributed by atoms with E-state index in [1.54, 1.807) is 0 Å². The fourth-order valence-corrected chi connectivity index (χ4v) is 2.15. The lowest BCUT2D eigenvalue weighted by Gasteiger charge is -2.12. The van der Waals surface area contributed by atoms with Gasteiger partial charge in [0.15, 0.2) is 5.65 Å². The van der Waals surface area contributed by atoms with Crippen LogP contribution in [0.3, 0.4) is 0 Å². The van der Waals surface area contributed by atoms with Crippen LogP contribution in [0.2, 0.25) is 0 Å². The number of methoxy groups -OCH3 is 1. The van der Waals surface area contributed by atoms with Gasteiger partial charge in [-0.15, -0.1) is 5.10 Å². The average Bonchev–Trinajstić information content (AvgIpc) is 2.93. The minimum absolute atomic E-state index is 0.00308. The molecule has 0 radical (unpaired) electrons. The second-order valence-electron chi connectivity index (χ2n) is 4.39. The maximum Gasteiger partial charge on any atom is 0.416 e. The zero-order valence-electron chi connectivity index (χ0n) is 10.9. The van der Waals surface area contributed by atoms with E-state index < -0.39 is 17.7 Å². The van der Waals surface area contributed by atoms with Crippen molar-refractivity contribution >= 4 is 22.5 Å². The number of nitrogens with zero attached hydrogens (tertiary/aromatic N) is 4. The van der Waals surface area contributed by atoms with Crippen LogP contribution in [-0.4, -0.2) is 38.2 Å². The molecule has 10 heteroatoms. The number of fused-ring (bicyclic) bond motifs is 3. The number of benzene rings is 1. The number of pyridine rings is 1. The number of rotatable bonds is 2. The standard InChI is InChI=1S/C12H7F3N4O3/c1-22-9-3-5(12(13,14)15)2-8-6(9)4-7(11(20)21)10-16-17-18-19(8)10/h2-4H,1H3,(H,20,21). The van der Waals surface area contributed by atoms with E-state index in [2.05, 4.69) is 15.5 Å². The Morgan fingerprint density at radius 2 is 2.05 bits per heavy atom. The van der Waals surface area contributed by atoms with Crippen LogP contribution in [0.15, 0.2) is 18.2 Å². The summed E-state index contributed by atoms with van der Waals surface area (Å²) in [6, 6.07) is 2.82. The first-order valence-corrected chi connectivity index (χ1v) is 5.86. The summed E-state index contributed by atoms with van der Waals surface area (Å²) in [4.78, 5) is 11.3. The Balaban J connectivity index is 2.50. The number of halogens is 3. The number of hydrogen-bond acceptors (Lipinski definition) is 5. The molecule has 2 heterocycles. The Bertz CT molecular complexity index is 904. The van der Waals surface area contributed by atoms with Crippen molar-refractivity contribution in [3.8, 4) is 5.75 Å². The second-order valence-corrected chi connectivity index (χ2v) is 4.39. The summed E-state index contributed by atoms with van der Waals surface area (Å²) in [5, 5.41) is 19.8. The predicted octanol–water partition coefficient (Wildman–Crippen LogP) is 2.00. The molecular formula is C12H7F3N4O3. The maximum absolute atomic E-state index is 13.0. The molecular weight excluding hydrogens is 305 g/mol. The Morgan fingerprint density at radius 3 is 2.64 bits per heavy atom. The van der Waals surface area contributed by atoms with Gasteiger partial charge in [0.1, 0.15) is 11.3 Å². The van der Waals surface area contributed by atoms with Gasteiger partial charge in [-0.1, -0.05) is 0 Å². The van der Waals surface area contributed by atoms with E-state index in [9.17, 15) is 23.1 Å². The molecule has 0 aliphatic rings. The number of ether oxygens (including phenoxy) is 1. The van der Waals surface area contributed by atoms with Crippen LogP contribution in [0.5, 0.6) is 5.75 Å². The molecule has 0 atom stereocenters. The lowest BCUT2D eigenvalue weighted by Crippen LogP contribution is -2.08. The third kappa shape index (κ3) is 2.00. The van der Waals surface area contributed by atoms with Crippen molar-refractivity contribution < 1.29 is 27.8 Å². The largest absolute Gasteiger partial charge is 0.496 e. The van der Waals surface area contributed by atoms with Gasteiger partial charge in [-0.3, -0.25) is 0 Å². The quantitative estimate of drug-likeness (QED) is 0.778. The van der Waals surface area contributed by atoms with Crippen molar-refractivity contribution in [2.75, 3.05) is 7.11 Å². The number of carboxylic acid groups (broad SMARTS) is 1. The second kappa shape index (κ2) is 4.55. The zero-order valence-corrected chi connectivity index (χ0v) is 10.9. The number of aromatic nitrogens is 4. The summed E-state index contributed by atoms with van der Waals surface area (Å²) in [7, 11) is 1.19. The molecule has 0 saturated heterocycles. The zero-order chi connectivity index (χ0) is 16.1. The van der Waals surface area contributed by atoms with Crippen LogP contribution in [0.1, 0.15) is 15.9 Å². The molecule has 22 heavy (non-hydrogen) atoms. The van der Waals surface area contributed by atoms with Gasteiger partial charge in [-0.2, -0.15) is 17.7 Å². The summed E-state index contributed by atoms with van der Waals surface area (Å²) >= 11 is 0. The van der Waals surface area contributed by atoms with Crippen LogP contribution in [-0.2, 0) is 6.18 Å². The van der Waals surface area contributed by atoms with E-state index in [-0.39, 0.29) is 27.9 Å². The smallest absolute Gasteiger partial charge is 0.416 e. The Hall–Kier alpha value is -2.91. The molecule has 0 spiro atoms. The molecule has 114 valence electrons. The number of tetrazole rings is 1. The van der Waals surface area contributed by atoms with Crippen LogP contribution in [0.25, 0.3) is 16.6 Å². The van der Waals surface area contributed by atoms with Crippen LogP contribution >= 0.6 is 0 Å². The Labute approximate surface area is 119 Å². The molecule has 0 unspecified atom stereocenters. The van der Waals surface area contributed by atoms with E-state index in [0.717, 1.165) is 16.6 Å². The third-order valence-corrected chi connectivity index (χ3v) is 3.13. The van der Waals surface area contributed by atoms with E-state index in [1.807, 2.05) is 0 Å². The molecule has 0 saturated carbocycles. The highest BCUT2D eigenvalue weighted by Crippen LogP contribution is 2.36. The number of carboxylic acids is 1. The third-order valence-electron chi connectivity index (χ3n) is 3.13.